The third-order valence-electron chi connectivity index (χ3n) is 3.87. The van der Waals surface area contributed by atoms with Crippen LogP contribution in [0.5, 0.6) is 0 Å². The zero-order valence-corrected chi connectivity index (χ0v) is 15.2. The molecule has 0 aliphatic heterocycles. The number of nitrogens with two attached hydrogens (primary N) is 1. The molecule has 0 bridgehead atoms. The number of H-pyrrole nitrogens is 1. The number of carbonyl (C=O) groups excluding carboxylic acids is 1. The molecular weight excluding hydrogens is 382 g/mol. The Hall–Kier alpha value is -4.01. The number of benzene rings is 1. The number of allylic oxidation sites excluding steroid dienone is 1. The number of ether oxygens (including phenoxy) is 1. The number of hydrogen-bond acceptors (Lipinski definition) is 7. The summed E-state index contributed by atoms with van der Waals surface area (Å²) in [5.41, 5.74) is 6.84. The highest BCUT2D eigenvalue weighted by Gasteiger charge is 2.16. The highest BCUT2D eigenvalue weighted by molar-refractivity contribution is 6.33. The zero-order valence-electron chi connectivity index (χ0n) is 14.5. The SMILES string of the molecule is COC(=O)c1cc(-c2ccc(C=C(C#N)c3[nH]nc(N)c3C#N)o2)ccc1Cl. The molecule has 3 N–H and O–H groups in total. The van der Waals surface area contributed by atoms with E-state index in [0.29, 0.717) is 17.1 Å². The summed E-state index contributed by atoms with van der Waals surface area (Å²) in [4.78, 5) is 11.8. The molecule has 28 heavy (non-hydrogen) atoms. The minimum Gasteiger partial charge on any atom is -0.465 e. The molecular formula is C19H12ClN5O3. The lowest BCUT2D eigenvalue weighted by Crippen LogP contribution is -2.02. The van der Waals surface area contributed by atoms with Crippen molar-refractivity contribution in [3.05, 3.63) is 57.9 Å². The number of nitriles is 2. The Bertz CT molecular complexity index is 1180. The molecule has 0 saturated heterocycles. The first kappa shape index (κ1) is 18.8. The molecule has 2 aromatic heterocycles. The molecule has 0 saturated carbocycles. The van der Waals surface area contributed by atoms with Crippen LogP contribution in [0.1, 0.15) is 27.4 Å². The van der Waals surface area contributed by atoms with E-state index in [1.165, 1.54) is 13.2 Å². The van der Waals surface area contributed by atoms with Crippen LogP contribution in [0.15, 0.2) is 34.7 Å². The average molecular weight is 394 g/mol. The Morgan fingerprint density at radius 2 is 2.14 bits per heavy atom. The minimum atomic E-state index is -0.564. The van der Waals surface area contributed by atoms with Gasteiger partial charge in [0.1, 0.15) is 29.2 Å². The molecule has 0 amide bonds. The van der Waals surface area contributed by atoms with Crippen LogP contribution in [0.25, 0.3) is 23.0 Å². The number of nitrogen functional groups attached to an aromatic ring is 1. The fourth-order valence-electron chi connectivity index (χ4n) is 2.50. The molecule has 0 fully saturated rings. The highest BCUT2D eigenvalue weighted by Crippen LogP contribution is 2.29. The summed E-state index contributed by atoms with van der Waals surface area (Å²) in [6, 6.07) is 12.0. The normalized spacial score (nSPS) is 10.9. The molecule has 3 rings (SSSR count). The molecule has 3 aromatic rings. The predicted molar refractivity (Wildman–Crippen MR) is 102 cm³/mol. The first-order valence-corrected chi connectivity index (χ1v) is 8.20. The fourth-order valence-corrected chi connectivity index (χ4v) is 2.69. The number of nitrogens with zero attached hydrogens (tertiary/aromatic N) is 3. The molecule has 0 aliphatic carbocycles. The number of esters is 1. The smallest absolute Gasteiger partial charge is 0.339 e. The predicted octanol–water partition coefficient (Wildman–Crippen LogP) is 3.63. The van der Waals surface area contributed by atoms with Crippen molar-refractivity contribution in [3.63, 3.8) is 0 Å². The van der Waals surface area contributed by atoms with E-state index < -0.39 is 5.97 Å². The Kier molecular flexibility index (Phi) is 5.16. The lowest BCUT2D eigenvalue weighted by atomic mass is 10.1. The number of halogens is 1. The topological polar surface area (TPSA) is 142 Å². The first-order chi connectivity index (χ1) is 13.5. The number of aromatic nitrogens is 2. The number of anilines is 1. The third-order valence-corrected chi connectivity index (χ3v) is 4.20. The standard InChI is InChI=1S/C19H12ClN5O3/c1-27-19(26)13-7-10(2-4-15(13)20)16-5-3-12(28-16)6-11(8-21)17-14(9-22)18(23)25-24-17/h2-7H,1H3,(H3,23,24,25). The number of nitrogens with one attached hydrogen (secondary N) is 1. The Morgan fingerprint density at radius 1 is 1.36 bits per heavy atom. The average Bonchev–Trinajstić information content (AvgIpc) is 3.32. The summed E-state index contributed by atoms with van der Waals surface area (Å²) in [6.07, 6.45) is 1.45. The molecule has 1 aromatic carbocycles. The van der Waals surface area contributed by atoms with Gasteiger partial charge < -0.3 is 14.9 Å². The van der Waals surface area contributed by atoms with Crippen LogP contribution in [0.2, 0.25) is 5.02 Å². The number of hydrogen-bond donors (Lipinski definition) is 2. The van der Waals surface area contributed by atoms with Crippen LogP contribution in [-0.2, 0) is 4.74 Å². The number of rotatable bonds is 4. The first-order valence-electron chi connectivity index (χ1n) is 7.82. The summed E-state index contributed by atoms with van der Waals surface area (Å²) in [5.74, 6) is 0.259. The van der Waals surface area contributed by atoms with Gasteiger partial charge in [-0.3, -0.25) is 5.10 Å². The number of furan rings is 1. The van der Waals surface area contributed by atoms with Crippen LogP contribution in [-0.4, -0.2) is 23.3 Å². The maximum atomic E-state index is 11.8. The van der Waals surface area contributed by atoms with Crippen molar-refractivity contribution in [2.24, 2.45) is 0 Å². The van der Waals surface area contributed by atoms with Gasteiger partial charge in [-0.2, -0.15) is 15.6 Å². The van der Waals surface area contributed by atoms with E-state index in [1.807, 2.05) is 12.1 Å². The molecule has 2 heterocycles. The van der Waals surface area contributed by atoms with E-state index in [2.05, 4.69) is 10.2 Å². The maximum Gasteiger partial charge on any atom is 0.339 e. The maximum absolute atomic E-state index is 11.8. The molecule has 9 heteroatoms. The van der Waals surface area contributed by atoms with Gasteiger partial charge in [0.2, 0.25) is 0 Å². The molecule has 0 aliphatic rings. The number of methoxy groups -OCH3 is 1. The molecule has 0 unspecified atom stereocenters. The largest absolute Gasteiger partial charge is 0.465 e. The molecule has 0 atom stereocenters. The van der Waals surface area contributed by atoms with E-state index >= 15 is 0 Å². The van der Waals surface area contributed by atoms with E-state index in [1.54, 1.807) is 30.3 Å². The van der Waals surface area contributed by atoms with E-state index in [0.717, 1.165) is 0 Å². The van der Waals surface area contributed by atoms with Crippen molar-refractivity contribution in [1.82, 2.24) is 10.2 Å². The van der Waals surface area contributed by atoms with E-state index in [9.17, 15) is 10.1 Å². The summed E-state index contributed by atoms with van der Waals surface area (Å²) in [6.45, 7) is 0. The third kappa shape index (κ3) is 3.45. The van der Waals surface area contributed by atoms with Gasteiger partial charge in [0.15, 0.2) is 5.82 Å². The van der Waals surface area contributed by atoms with Crippen LogP contribution >= 0.6 is 11.6 Å². The van der Waals surface area contributed by atoms with Crippen LogP contribution in [0.3, 0.4) is 0 Å². The lowest BCUT2D eigenvalue weighted by molar-refractivity contribution is 0.0601. The minimum absolute atomic E-state index is 0.00953. The van der Waals surface area contributed by atoms with Crippen LogP contribution in [0, 0.1) is 22.7 Å². The van der Waals surface area contributed by atoms with Gasteiger partial charge in [-0.05, 0) is 30.3 Å². The Balaban J connectivity index is 1.98. The van der Waals surface area contributed by atoms with Gasteiger partial charge in [0.05, 0.1) is 29.0 Å². The second kappa shape index (κ2) is 7.70. The quantitative estimate of drug-likeness (QED) is 0.509. The summed E-state index contributed by atoms with van der Waals surface area (Å²) in [5, 5.41) is 25.2. The van der Waals surface area contributed by atoms with Gasteiger partial charge in [-0.1, -0.05) is 11.6 Å². The van der Waals surface area contributed by atoms with E-state index in [4.69, 9.17) is 31.8 Å². The summed E-state index contributed by atoms with van der Waals surface area (Å²) in [7, 11) is 1.27. The molecule has 138 valence electrons. The van der Waals surface area contributed by atoms with Crippen molar-refractivity contribution in [3.8, 4) is 23.5 Å². The van der Waals surface area contributed by atoms with Crippen molar-refractivity contribution < 1.29 is 13.9 Å². The van der Waals surface area contributed by atoms with Gasteiger partial charge in [0.25, 0.3) is 0 Å². The molecule has 8 nitrogen and oxygen atoms in total. The second-order valence-corrected chi connectivity index (χ2v) is 5.94. The second-order valence-electron chi connectivity index (χ2n) is 5.53. The van der Waals surface area contributed by atoms with Crippen LogP contribution in [0.4, 0.5) is 5.82 Å². The van der Waals surface area contributed by atoms with Gasteiger partial charge in [-0.25, -0.2) is 4.79 Å². The van der Waals surface area contributed by atoms with Gasteiger partial charge in [0, 0.05) is 11.6 Å². The van der Waals surface area contributed by atoms with Crippen molar-refractivity contribution in [2.75, 3.05) is 12.8 Å². The fraction of sp³-hybridized carbons (Fsp3) is 0.0526. The molecule has 0 spiro atoms. The van der Waals surface area contributed by atoms with Gasteiger partial charge in [-0.15, -0.1) is 0 Å². The van der Waals surface area contributed by atoms with Crippen molar-refractivity contribution in [1.29, 1.82) is 10.5 Å². The summed E-state index contributed by atoms with van der Waals surface area (Å²) >= 11 is 6.03. The van der Waals surface area contributed by atoms with Gasteiger partial charge >= 0.3 is 5.97 Å². The highest BCUT2D eigenvalue weighted by atomic mass is 35.5. The van der Waals surface area contributed by atoms with Crippen LogP contribution < -0.4 is 5.73 Å². The van der Waals surface area contributed by atoms with Crippen molar-refractivity contribution in [2.45, 2.75) is 0 Å². The molecule has 0 radical (unpaired) electrons. The monoisotopic (exact) mass is 393 g/mol. The van der Waals surface area contributed by atoms with E-state index in [-0.39, 0.29) is 33.2 Å². The summed E-state index contributed by atoms with van der Waals surface area (Å²) < 4.78 is 10.4. The number of aromatic amines is 1. The Morgan fingerprint density at radius 3 is 2.82 bits per heavy atom. The van der Waals surface area contributed by atoms with Crippen molar-refractivity contribution >= 4 is 35.0 Å². The number of carbonyl (C=O) groups is 1. The lowest BCUT2D eigenvalue weighted by Gasteiger charge is -2.04. The zero-order chi connectivity index (χ0) is 20.3. The Labute approximate surface area is 164 Å².